The maximum atomic E-state index is 13.3. The molecule has 0 fully saturated rings. The van der Waals surface area contributed by atoms with Crippen molar-refractivity contribution in [2.45, 2.75) is 6.54 Å². The zero-order valence-corrected chi connectivity index (χ0v) is 14.2. The third-order valence-corrected chi connectivity index (χ3v) is 4.45. The number of fused-ring (bicyclic) bond motifs is 2. The van der Waals surface area contributed by atoms with E-state index in [1.807, 2.05) is 54.6 Å². The molecule has 7 nitrogen and oxygen atoms in total. The van der Waals surface area contributed by atoms with E-state index in [9.17, 15) is 4.79 Å². The molecule has 0 unspecified atom stereocenters. The van der Waals surface area contributed by atoms with E-state index in [1.165, 1.54) is 6.33 Å². The van der Waals surface area contributed by atoms with Gasteiger partial charge in [-0.25, -0.2) is 4.98 Å². The van der Waals surface area contributed by atoms with Gasteiger partial charge in [-0.05, 0) is 18.2 Å². The van der Waals surface area contributed by atoms with Crippen LogP contribution < -0.4 is 5.56 Å². The summed E-state index contributed by atoms with van der Waals surface area (Å²) in [7, 11) is 0. The van der Waals surface area contributed by atoms with E-state index in [2.05, 4.69) is 20.1 Å². The van der Waals surface area contributed by atoms with E-state index < -0.39 is 0 Å². The van der Waals surface area contributed by atoms with E-state index in [1.54, 1.807) is 21.5 Å². The Morgan fingerprint density at radius 2 is 1.78 bits per heavy atom. The zero-order chi connectivity index (χ0) is 18.2. The van der Waals surface area contributed by atoms with Crippen molar-refractivity contribution >= 4 is 16.7 Å². The Balaban J connectivity index is 1.82. The minimum Gasteiger partial charge on any atom is -0.309 e. The summed E-state index contributed by atoms with van der Waals surface area (Å²) in [5.41, 5.74) is 2.84. The first-order valence-corrected chi connectivity index (χ1v) is 8.49. The number of aromatic nitrogens is 6. The van der Waals surface area contributed by atoms with E-state index in [0.717, 1.165) is 11.3 Å². The standard InChI is InChI=1S/C20H14N6O/c27-19-17-16(9-11-25(19)12-15-8-4-5-10-21-15)24-20-22-13-23-26(20)18(17)14-6-2-1-3-7-14/h1-11,13H,12H2. The summed E-state index contributed by atoms with van der Waals surface area (Å²) in [4.78, 5) is 26.3. The summed E-state index contributed by atoms with van der Waals surface area (Å²) in [6.07, 6.45) is 4.91. The average molecular weight is 354 g/mol. The fourth-order valence-corrected chi connectivity index (χ4v) is 3.22. The van der Waals surface area contributed by atoms with Gasteiger partial charge in [-0.3, -0.25) is 9.78 Å². The minimum atomic E-state index is -0.137. The first-order chi connectivity index (χ1) is 13.3. The van der Waals surface area contributed by atoms with Gasteiger partial charge in [-0.2, -0.15) is 14.6 Å². The molecule has 4 aromatic heterocycles. The smallest absolute Gasteiger partial charge is 0.262 e. The third kappa shape index (κ3) is 2.56. The molecule has 0 saturated carbocycles. The molecular weight excluding hydrogens is 340 g/mol. The fraction of sp³-hybridized carbons (Fsp3) is 0.0500. The van der Waals surface area contributed by atoms with Gasteiger partial charge in [0.1, 0.15) is 6.33 Å². The third-order valence-electron chi connectivity index (χ3n) is 4.45. The maximum absolute atomic E-state index is 13.3. The van der Waals surface area contributed by atoms with E-state index in [4.69, 9.17) is 0 Å². The highest BCUT2D eigenvalue weighted by atomic mass is 16.1. The van der Waals surface area contributed by atoms with Crippen LogP contribution in [-0.4, -0.2) is 29.1 Å². The monoisotopic (exact) mass is 354 g/mol. The van der Waals surface area contributed by atoms with Crippen LogP contribution >= 0.6 is 0 Å². The lowest BCUT2D eigenvalue weighted by Crippen LogP contribution is -2.22. The van der Waals surface area contributed by atoms with Gasteiger partial charge in [0.05, 0.1) is 28.8 Å². The first-order valence-electron chi connectivity index (χ1n) is 8.49. The van der Waals surface area contributed by atoms with Gasteiger partial charge in [0.25, 0.3) is 11.3 Å². The Morgan fingerprint density at radius 1 is 0.926 bits per heavy atom. The SMILES string of the molecule is O=c1c2c(-c3ccccc3)n3ncnc3nc2ccn1Cc1ccccn1. The molecule has 27 heavy (non-hydrogen) atoms. The Morgan fingerprint density at radius 3 is 2.59 bits per heavy atom. The molecule has 0 spiro atoms. The highest BCUT2D eigenvalue weighted by molar-refractivity contribution is 5.93. The second-order valence-corrected chi connectivity index (χ2v) is 6.13. The van der Waals surface area contributed by atoms with Crippen molar-refractivity contribution in [2.24, 2.45) is 0 Å². The van der Waals surface area contributed by atoms with Crippen LogP contribution in [0.4, 0.5) is 0 Å². The van der Waals surface area contributed by atoms with Crippen molar-refractivity contribution in [2.75, 3.05) is 0 Å². The minimum absolute atomic E-state index is 0.137. The molecule has 0 aliphatic heterocycles. The number of nitrogens with zero attached hydrogens (tertiary/aromatic N) is 6. The molecule has 0 bridgehead atoms. The maximum Gasteiger partial charge on any atom is 0.262 e. The second-order valence-electron chi connectivity index (χ2n) is 6.13. The largest absolute Gasteiger partial charge is 0.309 e. The molecule has 7 heteroatoms. The van der Waals surface area contributed by atoms with Crippen molar-refractivity contribution in [1.82, 2.24) is 29.1 Å². The molecule has 0 amide bonds. The normalized spacial score (nSPS) is 11.3. The highest BCUT2D eigenvalue weighted by Crippen LogP contribution is 2.25. The van der Waals surface area contributed by atoms with E-state index in [-0.39, 0.29) is 5.56 Å². The molecule has 1 aromatic carbocycles. The van der Waals surface area contributed by atoms with E-state index in [0.29, 0.717) is 28.9 Å². The van der Waals surface area contributed by atoms with Crippen LogP contribution in [0, 0.1) is 0 Å². The van der Waals surface area contributed by atoms with Crippen LogP contribution in [0.5, 0.6) is 0 Å². The summed E-state index contributed by atoms with van der Waals surface area (Å²) < 4.78 is 3.26. The molecule has 4 heterocycles. The zero-order valence-electron chi connectivity index (χ0n) is 14.2. The fourth-order valence-electron chi connectivity index (χ4n) is 3.22. The van der Waals surface area contributed by atoms with Crippen LogP contribution in [-0.2, 0) is 6.54 Å². The summed E-state index contributed by atoms with van der Waals surface area (Å²) in [6.45, 7) is 0.388. The van der Waals surface area contributed by atoms with Crippen molar-refractivity contribution in [3.8, 4) is 11.3 Å². The van der Waals surface area contributed by atoms with Gasteiger partial charge < -0.3 is 4.57 Å². The number of hydrogen-bond acceptors (Lipinski definition) is 5. The highest BCUT2D eigenvalue weighted by Gasteiger charge is 2.17. The Kier molecular flexibility index (Phi) is 3.50. The van der Waals surface area contributed by atoms with Crippen molar-refractivity contribution < 1.29 is 0 Å². The summed E-state index contributed by atoms with van der Waals surface area (Å²) in [5.74, 6) is 0.461. The predicted octanol–water partition coefficient (Wildman–Crippen LogP) is 2.55. The van der Waals surface area contributed by atoms with Crippen molar-refractivity contribution in [3.63, 3.8) is 0 Å². The van der Waals surface area contributed by atoms with Gasteiger partial charge in [0.15, 0.2) is 0 Å². The quantitative estimate of drug-likeness (QED) is 0.498. The van der Waals surface area contributed by atoms with Gasteiger partial charge in [0, 0.05) is 18.0 Å². The molecule has 0 aliphatic rings. The second kappa shape index (κ2) is 6.14. The van der Waals surface area contributed by atoms with Crippen LogP contribution in [0.15, 0.2) is 78.1 Å². The Bertz CT molecular complexity index is 1310. The van der Waals surface area contributed by atoms with Crippen LogP contribution in [0.3, 0.4) is 0 Å². The van der Waals surface area contributed by atoms with Gasteiger partial charge in [-0.1, -0.05) is 36.4 Å². The molecule has 0 N–H and O–H groups in total. The Hall–Kier alpha value is -3.87. The molecular formula is C20H14N6O. The van der Waals surface area contributed by atoms with Gasteiger partial charge in [-0.15, -0.1) is 0 Å². The number of pyridine rings is 2. The number of hydrogen-bond donors (Lipinski definition) is 0. The molecule has 0 aliphatic carbocycles. The lowest BCUT2D eigenvalue weighted by Gasteiger charge is -2.11. The van der Waals surface area contributed by atoms with Crippen LogP contribution in [0.1, 0.15) is 5.69 Å². The Labute approximate surface area is 153 Å². The summed E-state index contributed by atoms with van der Waals surface area (Å²) in [5, 5.41) is 4.79. The molecule has 0 radical (unpaired) electrons. The van der Waals surface area contributed by atoms with E-state index >= 15 is 0 Å². The predicted molar refractivity (Wildman–Crippen MR) is 101 cm³/mol. The van der Waals surface area contributed by atoms with Crippen LogP contribution in [0.25, 0.3) is 27.9 Å². The topological polar surface area (TPSA) is 78.0 Å². The number of benzene rings is 1. The van der Waals surface area contributed by atoms with Crippen molar-refractivity contribution in [1.29, 1.82) is 0 Å². The summed E-state index contributed by atoms with van der Waals surface area (Å²) >= 11 is 0. The average Bonchev–Trinajstić information content (AvgIpc) is 3.18. The molecule has 0 atom stereocenters. The first kappa shape index (κ1) is 15.4. The van der Waals surface area contributed by atoms with Crippen molar-refractivity contribution in [3.05, 3.63) is 89.4 Å². The number of rotatable bonds is 3. The molecule has 5 aromatic rings. The molecule has 130 valence electrons. The van der Waals surface area contributed by atoms with Gasteiger partial charge in [0.2, 0.25) is 0 Å². The molecule has 5 rings (SSSR count). The lowest BCUT2D eigenvalue weighted by molar-refractivity contribution is 0.745. The lowest BCUT2D eigenvalue weighted by atomic mass is 10.1. The molecule has 0 saturated heterocycles. The van der Waals surface area contributed by atoms with Crippen LogP contribution in [0.2, 0.25) is 0 Å². The van der Waals surface area contributed by atoms with Gasteiger partial charge >= 0.3 is 0 Å². The summed E-state index contributed by atoms with van der Waals surface area (Å²) in [6, 6.07) is 17.2.